The van der Waals surface area contributed by atoms with Gasteiger partial charge in [0.25, 0.3) is 0 Å². The van der Waals surface area contributed by atoms with Crippen LogP contribution >= 0.6 is 11.6 Å². The Morgan fingerprint density at radius 3 is 1.25 bits per heavy atom. The van der Waals surface area contributed by atoms with Gasteiger partial charge in [-0.05, 0) is 170 Å². The van der Waals surface area contributed by atoms with E-state index < -0.39 is 17.7 Å². The Hall–Kier alpha value is -11.8. The number of carbonyl (C=O) groups excluding carboxylic acids is 1. The number of hydrogen-bond donors (Lipinski definition) is 4. The second-order valence-electron chi connectivity index (χ2n) is 29.4. The maximum Gasteiger partial charge on any atom is 0.498 e. The lowest BCUT2D eigenvalue weighted by molar-refractivity contribution is -0.192. The molecule has 116 heavy (non-hydrogen) atoms. The van der Waals surface area contributed by atoms with Crippen LogP contribution in [-0.4, -0.2) is 151 Å². The number of nitrogens with zero attached hydrogens (tertiary/aromatic N) is 7. The maximum absolute atomic E-state index is 12.4. The molecule has 6 heterocycles. The summed E-state index contributed by atoms with van der Waals surface area (Å²) in [7, 11) is 9.68. The number of nitrogens with one attached hydrogen (secondary N) is 3. The fraction of sp³-hybridized carbons (Fsp3) is 0.303. The SMILES string of the molecule is COc1cc(C2CCN(C(=O)OC(C)(C)C)CC2)ccc1Nc1ncc2cccc(-c3ccccc3OC)c2n1.COc1cc(C2CCNCC2)ccc1Nc1ncc2cccc(-c3ccccc3OC)c2n1.COc1ccccc1-c1cccc2cnc(Cl)nc12.COc1ccccc1B1OC(C)(C)C(C)(C)O1.O=C(O)C(F)(F)F. The third-order valence-corrected chi connectivity index (χ3v) is 20.4. The first-order valence-electron chi connectivity index (χ1n) is 37.8. The number of ether oxygens (including phenoxy) is 7. The van der Waals surface area contributed by atoms with Crippen molar-refractivity contribution in [2.45, 2.75) is 109 Å². The van der Waals surface area contributed by atoms with Gasteiger partial charge in [0.2, 0.25) is 17.2 Å². The molecule has 3 saturated heterocycles. The number of carboxylic acid groups (broad SMARTS) is 1. The van der Waals surface area contributed by atoms with Crippen molar-refractivity contribution >= 4 is 92.2 Å². The second-order valence-corrected chi connectivity index (χ2v) is 29.8. The van der Waals surface area contributed by atoms with Gasteiger partial charge in [-0.1, -0.05) is 140 Å². The number of carbonyl (C=O) groups is 2. The normalized spacial score (nSPS) is 14.5. The molecular formula is C89H95BClF3N10O12. The Bertz CT molecular complexity index is 5380. The van der Waals surface area contributed by atoms with Crippen LogP contribution in [0.25, 0.3) is 66.1 Å². The predicted molar refractivity (Wildman–Crippen MR) is 449 cm³/mol. The number of likely N-dealkylation sites (tertiary alicyclic amines) is 1. The van der Waals surface area contributed by atoms with Gasteiger partial charge in [0.05, 0.1) is 81.8 Å². The molecule has 9 aromatic carbocycles. The minimum Gasteiger partial charge on any atom is -0.497 e. The fourth-order valence-electron chi connectivity index (χ4n) is 13.6. The minimum atomic E-state index is -5.08. The Labute approximate surface area is 678 Å². The molecule has 27 heteroatoms. The Kier molecular flexibility index (Phi) is 27.9. The zero-order valence-electron chi connectivity index (χ0n) is 67.1. The topological polar surface area (TPSA) is 254 Å². The number of hydrogen-bond acceptors (Lipinski definition) is 20. The number of halogens is 4. The summed E-state index contributed by atoms with van der Waals surface area (Å²) in [6, 6.07) is 62.2. The molecule has 3 fully saturated rings. The molecular weight excluding hydrogens is 1500 g/mol. The van der Waals surface area contributed by atoms with E-state index in [1.54, 1.807) is 53.8 Å². The number of rotatable bonds is 16. The number of carboxylic acids is 1. The molecule has 3 aromatic heterocycles. The highest BCUT2D eigenvalue weighted by atomic mass is 35.5. The summed E-state index contributed by atoms with van der Waals surface area (Å²) < 4.78 is 82.6. The number of amides is 1. The van der Waals surface area contributed by atoms with Crippen molar-refractivity contribution < 1.29 is 70.3 Å². The van der Waals surface area contributed by atoms with Crippen molar-refractivity contribution in [1.29, 1.82) is 0 Å². The van der Waals surface area contributed by atoms with Crippen LogP contribution in [0.3, 0.4) is 0 Å². The molecule has 3 aliphatic heterocycles. The number of fused-ring (bicyclic) bond motifs is 3. The molecule has 0 aliphatic carbocycles. The van der Waals surface area contributed by atoms with Crippen LogP contribution in [0, 0.1) is 0 Å². The van der Waals surface area contributed by atoms with Crippen molar-refractivity contribution in [3.63, 3.8) is 0 Å². The molecule has 15 rings (SSSR count). The smallest absolute Gasteiger partial charge is 0.497 e. The molecule has 22 nitrogen and oxygen atoms in total. The van der Waals surface area contributed by atoms with Gasteiger partial charge in [0.1, 0.15) is 40.1 Å². The van der Waals surface area contributed by atoms with Gasteiger partial charge < -0.3 is 68.4 Å². The van der Waals surface area contributed by atoms with Crippen molar-refractivity contribution in [1.82, 2.24) is 40.1 Å². The van der Waals surface area contributed by atoms with Crippen molar-refractivity contribution in [2.75, 3.05) is 79.5 Å². The third-order valence-electron chi connectivity index (χ3n) is 20.3. The summed E-state index contributed by atoms with van der Waals surface area (Å²) in [5.41, 5.74) is 12.4. The maximum atomic E-state index is 12.4. The fourth-order valence-corrected chi connectivity index (χ4v) is 13.7. The van der Waals surface area contributed by atoms with E-state index in [4.69, 9.17) is 73.9 Å². The largest absolute Gasteiger partial charge is 0.498 e. The van der Waals surface area contributed by atoms with Crippen LogP contribution < -0.4 is 49.8 Å². The molecule has 3 aliphatic rings. The van der Waals surface area contributed by atoms with Crippen LogP contribution in [0.15, 0.2) is 207 Å². The molecule has 0 spiro atoms. The van der Waals surface area contributed by atoms with Gasteiger partial charge in [-0.2, -0.15) is 13.2 Å². The zero-order valence-corrected chi connectivity index (χ0v) is 67.9. The van der Waals surface area contributed by atoms with E-state index in [0.717, 1.165) is 150 Å². The second kappa shape index (κ2) is 38.1. The van der Waals surface area contributed by atoms with Crippen LogP contribution in [0.2, 0.25) is 5.28 Å². The number of aliphatic carboxylic acids is 1. The average Bonchev–Trinajstić information content (AvgIpc) is 1.29. The van der Waals surface area contributed by atoms with Crippen molar-refractivity contribution in [2.24, 2.45) is 0 Å². The Morgan fingerprint density at radius 2 is 0.853 bits per heavy atom. The molecule has 604 valence electrons. The zero-order chi connectivity index (χ0) is 82.9. The summed E-state index contributed by atoms with van der Waals surface area (Å²) >= 11 is 5.90. The third kappa shape index (κ3) is 21.0. The lowest BCUT2D eigenvalue weighted by Crippen LogP contribution is -2.41. The number of aromatic nitrogens is 6. The van der Waals surface area contributed by atoms with E-state index in [1.807, 2.05) is 213 Å². The summed E-state index contributed by atoms with van der Waals surface area (Å²) in [4.78, 5) is 50.3. The van der Waals surface area contributed by atoms with Gasteiger partial charge in [-0.15, -0.1) is 0 Å². The van der Waals surface area contributed by atoms with Crippen LogP contribution in [-0.2, 0) is 18.8 Å². The number of benzene rings is 9. The summed E-state index contributed by atoms with van der Waals surface area (Å²) in [5, 5.41) is 20.4. The monoisotopic (exact) mass is 1600 g/mol. The first-order valence-corrected chi connectivity index (χ1v) is 38.2. The number of anilines is 4. The summed E-state index contributed by atoms with van der Waals surface area (Å²) in [6.45, 7) is 17.3. The highest BCUT2D eigenvalue weighted by Gasteiger charge is 2.52. The molecule has 4 N–H and O–H groups in total. The predicted octanol–water partition coefficient (Wildman–Crippen LogP) is 19.3. The summed E-state index contributed by atoms with van der Waals surface area (Å²) in [5.74, 6) is 3.87. The van der Waals surface area contributed by atoms with Gasteiger partial charge >= 0.3 is 25.4 Å². The molecule has 0 bridgehead atoms. The van der Waals surface area contributed by atoms with E-state index >= 15 is 0 Å². The van der Waals surface area contributed by atoms with Crippen LogP contribution in [0.4, 0.5) is 41.2 Å². The number of methoxy groups -OCH3 is 6. The number of alkyl halides is 3. The lowest BCUT2D eigenvalue weighted by atomic mass is 9.78. The quantitative estimate of drug-likeness (QED) is 0.0518. The Balaban J connectivity index is 0.000000155. The molecule has 0 atom stereocenters. The van der Waals surface area contributed by atoms with E-state index in [2.05, 4.69) is 72.3 Å². The van der Waals surface area contributed by atoms with E-state index in [0.29, 0.717) is 42.6 Å². The van der Waals surface area contributed by atoms with Gasteiger partial charge in [-0.25, -0.2) is 39.5 Å². The highest BCUT2D eigenvalue weighted by Crippen LogP contribution is 2.42. The standard InChI is InChI=1S/C32H36N4O4.C27H28N4O2.C15H11ClN2O.C13H19BO3.C2HF3O2/c1-32(2,3)40-31(37)36-17-15-21(16-18-36)22-13-14-26(28(19-22)39-5)34-30-33-20-23-9-8-11-25(29(23)35-30)24-10-6-7-12-27(24)38-4;1-32-24-9-4-3-7-21(24)22-8-5-6-20-17-29-27(31-26(20)22)30-23-11-10-19(16-25(23)33-2)18-12-14-28-15-13-18;1-19-13-8-3-2-6-11(13)12-7-4-5-10-9-17-15(16)18-14(10)12;1-12(2)13(3,4)17-14(16-12)10-8-6-7-9-11(10)15-5;3-2(4,5)1(6)7/h6-14,19-21H,15-18H2,1-5H3,(H,33,34,35);3-11,16-18,28H,12-15H2,1-2H3,(H,29,30,31);2-9H,1H3;6-9H,1-5H3;(H,6,7). The first-order chi connectivity index (χ1) is 55.6. The average molecular weight is 1600 g/mol. The van der Waals surface area contributed by atoms with Gasteiger partial charge in [-0.3, -0.25) is 0 Å². The minimum absolute atomic E-state index is 0.243. The molecule has 0 radical (unpaired) electrons. The van der Waals surface area contributed by atoms with E-state index in [9.17, 15) is 18.0 Å². The van der Waals surface area contributed by atoms with Gasteiger partial charge in [0.15, 0.2) is 0 Å². The first kappa shape index (κ1) is 85.1. The molecule has 1 amide bonds. The molecule has 0 unspecified atom stereocenters. The van der Waals surface area contributed by atoms with Gasteiger partial charge in [0, 0.05) is 86.7 Å². The van der Waals surface area contributed by atoms with Crippen LogP contribution in [0.5, 0.6) is 34.5 Å². The lowest BCUT2D eigenvalue weighted by Gasteiger charge is -2.33. The van der Waals surface area contributed by atoms with E-state index in [1.165, 1.54) is 11.1 Å². The van der Waals surface area contributed by atoms with E-state index in [-0.39, 0.29) is 29.7 Å². The Morgan fingerprint density at radius 1 is 0.491 bits per heavy atom. The highest BCUT2D eigenvalue weighted by molar-refractivity contribution is 6.63. The molecule has 12 aromatic rings. The van der Waals surface area contributed by atoms with Crippen molar-refractivity contribution in [3.8, 4) is 67.9 Å². The number of para-hydroxylation sites is 7. The summed E-state index contributed by atoms with van der Waals surface area (Å²) in [6.07, 6.45) is 4.10. The van der Waals surface area contributed by atoms with Crippen molar-refractivity contribution in [3.05, 3.63) is 223 Å². The molecule has 0 saturated carbocycles. The van der Waals surface area contributed by atoms with Crippen LogP contribution in [0.1, 0.15) is 97.1 Å². The number of piperidine rings is 2.